The molecule has 31 heavy (non-hydrogen) atoms. The first-order valence-corrected chi connectivity index (χ1v) is 10.7. The monoisotopic (exact) mass is 414 g/mol. The summed E-state index contributed by atoms with van der Waals surface area (Å²) in [7, 11) is 0. The van der Waals surface area contributed by atoms with Gasteiger partial charge in [0.2, 0.25) is 5.88 Å². The third-order valence-electron chi connectivity index (χ3n) is 5.77. The third kappa shape index (κ3) is 4.28. The van der Waals surface area contributed by atoms with E-state index in [2.05, 4.69) is 21.4 Å². The van der Waals surface area contributed by atoms with Gasteiger partial charge in [0.15, 0.2) is 0 Å². The number of nitrogens with zero attached hydrogens (tertiary/aromatic N) is 3. The van der Waals surface area contributed by atoms with Crippen molar-refractivity contribution < 1.29 is 4.74 Å². The molecule has 0 radical (unpaired) electrons. The first-order valence-electron chi connectivity index (χ1n) is 10.7. The van der Waals surface area contributed by atoms with Crippen LogP contribution in [-0.2, 0) is 6.54 Å². The maximum absolute atomic E-state index is 6.06. The average molecular weight is 415 g/mol. The Hall–Kier alpha value is -3.29. The largest absolute Gasteiger partial charge is 0.476 e. The lowest BCUT2D eigenvalue weighted by Crippen LogP contribution is -2.33. The summed E-state index contributed by atoms with van der Waals surface area (Å²) in [5.41, 5.74) is 12.3. The van der Waals surface area contributed by atoms with Crippen LogP contribution in [0.4, 0.5) is 0 Å². The first-order chi connectivity index (χ1) is 15.3. The number of nitrogens with one attached hydrogen (secondary N) is 2. The summed E-state index contributed by atoms with van der Waals surface area (Å²) >= 11 is 0. The minimum atomic E-state index is 0.504. The molecular weight excluding hydrogens is 388 g/mol. The van der Waals surface area contributed by atoms with Crippen molar-refractivity contribution in [1.29, 1.82) is 0 Å². The molecule has 7 nitrogen and oxygen atoms in total. The lowest BCUT2D eigenvalue weighted by atomic mass is 10.0. The molecule has 1 saturated heterocycles. The van der Waals surface area contributed by atoms with Gasteiger partial charge in [0.05, 0.1) is 35.9 Å². The Morgan fingerprint density at radius 1 is 1.03 bits per heavy atom. The lowest BCUT2D eigenvalue weighted by molar-refractivity contribution is 0.211. The smallest absolute Gasteiger partial charge is 0.232 e. The normalized spacial score (nSPS) is 16.5. The number of aromatic amines is 1. The predicted molar refractivity (Wildman–Crippen MR) is 122 cm³/mol. The van der Waals surface area contributed by atoms with Gasteiger partial charge >= 0.3 is 0 Å². The van der Waals surface area contributed by atoms with Crippen LogP contribution in [0.2, 0.25) is 0 Å². The number of aromatic nitrogens is 4. The zero-order valence-corrected chi connectivity index (χ0v) is 17.3. The number of H-pyrrole nitrogens is 1. The van der Waals surface area contributed by atoms with E-state index in [0.717, 1.165) is 52.2 Å². The number of hydrogen-bond acceptors (Lipinski definition) is 6. The van der Waals surface area contributed by atoms with E-state index in [4.69, 9.17) is 20.4 Å². The van der Waals surface area contributed by atoms with Gasteiger partial charge in [-0.2, -0.15) is 0 Å². The van der Waals surface area contributed by atoms with E-state index < -0.39 is 0 Å². The number of hydrogen-bond donors (Lipinski definition) is 3. The number of ether oxygens (including phenoxy) is 1. The molecule has 3 heterocycles. The molecule has 2 aromatic carbocycles. The number of piperidine rings is 1. The van der Waals surface area contributed by atoms with Gasteiger partial charge in [-0.05, 0) is 37.1 Å². The van der Waals surface area contributed by atoms with E-state index in [1.165, 1.54) is 12.8 Å². The Bertz CT molecular complexity index is 1160. The van der Waals surface area contributed by atoms with E-state index in [9.17, 15) is 0 Å². The number of nitrogens with two attached hydrogens (primary N) is 1. The van der Waals surface area contributed by atoms with Crippen LogP contribution in [0.1, 0.15) is 18.4 Å². The van der Waals surface area contributed by atoms with Gasteiger partial charge in [-0.15, -0.1) is 0 Å². The first kappa shape index (κ1) is 19.7. The van der Waals surface area contributed by atoms with Crippen molar-refractivity contribution in [1.82, 2.24) is 25.3 Å². The highest BCUT2D eigenvalue weighted by atomic mass is 16.5. The Balaban J connectivity index is 1.51. The summed E-state index contributed by atoms with van der Waals surface area (Å²) < 4.78 is 6.06. The standard InChI is InChI=1S/C24H26N6O/c25-11-16-3-5-18(6-4-16)23-24(19-7-8-20-21(10-19)29-15-28-20)30-22(13-27-23)31-14-17-2-1-9-26-12-17/h3-8,10,13,15,17,26H,1-2,9,11-12,14,25H2,(H,28,29). The van der Waals surface area contributed by atoms with Crippen LogP contribution >= 0.6 is 0 Å². The Kier molecular flexibility index (Phi) is 5.60. The van der Waals surface area contributed by atoms with Crippen molar-refractivity contribution in [2.24, 2.45) is 11.7 Å². The fraction of sp³-hybridized carbons (Fsp3) is 0.292. The number of rotatable bonds is 6. The van der Waals surface area contributed by atoms with Gasteiger partial charge in [0.25, 0.3) is 0 Å². The molecule has 0 bridgehead atoms. The molecule has 4 N–H and O–H groups in total. The number of benzene rings is 2. The van der Waals surface area contributed by atoms with Crippen LogP contribution in [-0.4, -0.2) is 39.6 Å². The highest BCUT2D eigenvalue weighted by molar-refractivity contribution is 5.85. The molecule has 0 amide bonds. The SMILES string of the molecule is NCc1ccc(-c2ncc(OCC3CCCNC3)nc2-c2ccc3nc[nH]c3c2)cc1. The molecule has 4 aromatic rings. The summed E-state index contributed by atoms with van der Waals surface area (Å²) in [4.78, 5) is 17.1. The van der Waals surface area contributed by atoms with E-state index in [-0.39, 0.29) is 0 Å². The molecular formula is C24H26N6O. The number of imidazole rings is 1. The second-order valence-corrected chi connectivity index (χ2v) is 7.96. The summed E-state index contributed by atoms with van der Waals surface area (Å²) in [5, 5.41) is 3.43. The van der Waals surface area contributed by atoms with E-state index in [0.29, 0.717) is 24.9 Å². The highest BCUT2D eigenvalue weighted by Crippen LogP contribution is 2.32. The molecule has 0 saturated carbocycles. The fourth-order valence-corrected chi connectivity index (χ4v) is 4.01. The van der Waals surface area contributed by atoms with Crippen molar-refractivity contribution >= 4 is 11.0 Å². The van der Waals surface area contributed by atoms with Gasteiger partial charge in [-0.3, -0.25) is 0 Å². The molecule has 1 fully saturated rings. The Morgan fingerprint density at radius 3 is 2.71 bits per heavy atom. The highest BCUT2D eigenvalue weighted by Gasteiger charge is 2.17. The fourth-order valence-electron chi connectivity index (χ4n) is 4.01. The van der Waals surface area contributed by atoms with Gasteiger partial charge in [-0.25, -0.2) is 15.0 Å². The molecule has 1 unspecified atom stereocenters. The van der Waals surface area contributed by atoms with Crippen LogP contribution in [0.5, 0.6) is 5.88 Å². The van der Waals surface area contributed by atoms with E-state index in [1.807, 2.05) is 36.4 Å². The van der Waals surface area contributed by atoms with Gasteiger partial charge in [-0.1, -0.05) is 30.3 Å². The maximum atomic E-state index is 6.06. The molecule has 1 aliphatic heterocycles. The van der Waals surface area contributed by atoms with Crippen LogP contribution in [0.15, 0.2) is 55.0 Å². The second kappa shape index (κ2) is 8.83. The van der Waals surface area contributed by atoms with E-state index >= 15 is 0 Å². The molecule has 1 atom stereocenters. The van der Waals surface area contributed by atoms with Crippen molar-refractivity contribution in [3.8, 4) is 28.4 Å². The van der Waals surface area contributed by atoms with E-state index in [1.54, 1.807) is 12.5 Å². The Labute approximate surface area is 181 Å². The van der Waals surface area contributed by atoms with Gasteiger partial charge < -0.3 is 20.8 Å². The zero-order valence-electron chi connectivity index (χ0n) is 17.3. The number of fused-ring (bicyclic) bond motifs is 1. The second-order valence-electron chi connectivity index (χ2n) is 7.96. The summed E-state index contributed by atoms with van der Waals surface area (Å²) in [6, 6.07) is 14.2. The summed E-state index contributed by atoms with van der Waals surface area (Å²) in [5.74, 6) is 1.05. The molecule has 0 aliphatic carbocycles. The molecule has 7 heteroatoms. The zero-order chi connectivity index (χ0) is 21.0. The van der Waals surface area contributed by atoms with Crippen molar-refractivity contribution in [2.75, 3.05) is 19.7 Å². The lowest BCUT2D eigenvalue weighted by Gasteiger charge is -2.22. The molecule has 158 valence electrons. The average Bonchev–Trinajstić information content (AvgIpc) is 3.31. The minimum absolute atomic E-state index is 0.504. The quantitative estimate of drug-likeness (QED) is 0.446. The topological polar surface area (TPSA) is 102 Å². The van der Waals surface area contributed by atoms with Gasteiger partial charge in [0.1, 0.15) is 5.69 Å². The van der Waals surface area contributed by atoms with Crippen LogP contribution in [0.3, 0.4) is 0 Å². The molecule has 5 rings (SSSR count). The molecule has 2 aromatic heterocycles. The van der Waals surface area contributed by atoms with Crippen molar-refractivity contribution in [3.05, 3.63) is 60.6 Å². The van der Waals surface area contributed by atoms with Crippen molar-refractivity contribution in [3.63, 3.8) is 0 Å². The molecule has 0 spiro atoms. The van der Waals surface area contributed by atoms with Gasteiger partial charge in [0, 0.05) is 30.1 Å². The van der Waals surface area contributed by atoms with Crippen LogP contribution < -0.4 is 15.8 Å². The van der Waals surface area contributed by atoms with Crippen LogP contribution in [0.25, 0.3) is 33.5 Å². The predicted octanol–water partition coefficient (Wildman–Crippen LogP) is 3.52. The maximum Gasteiger partial charge on any atom is 0.232 e. The minimum Gasteiger partial charge on any atom is -0.476 e. The summed E-state index contributed by atoms with van der Waals surface area (Å²) in [6.07, 6.45) is 5.78. The summed E-state index contributed by atoms with van der Waals surface area (Å²) in [6.45, 7) is 3.24. The third-order valence-corrected chi connectivity index (χ3v) is 5.77. The van der Waals surface area contributed by atoms with Crippen molar-refractivity contribution in [2.45, 2.75) is 19.4 Å². The van der Waals surface area contributed by atoms with Crippen LogP contribution in [0, 0.1) is 5.92 Å². The molecule has 1 aliphatic rings. The Morgan fingerprint density at radius 2 is 1.90 bits per heavy atom.